The number of rotatable bonds is 4. The Kier molecular flexibility index (Phi) is 4.48. The van der Waals surface area contributed by atoms with Crippen LogP contribution >= 0.6 is 11.3 Å². The summed E-state index contributed by atoms with van der Waals surface area (Å²) in [7, 11) is 0. The van der Waals surface area contributed by atoms with Gasteiger partial charge < -0.3 is 14.3 Å². The second-order valence-corrected chi connectivity index (χ2v) is 8.17. The number of phenolic OH excluding ortho intramolecular Hbond substituents is 1. The minimum atomic E-state index is -0.796. The van der Waals surface area contributed by atoms with Crippen LogP contribution in [-0.4, -0.2) is 27.8 Å². The molecule has 0 aliphatic carbocycles. The molecule has 0 saturated heterocycles. The van der Waals surface area contributed by atoms with Crippen LogP contribution in [0.25, 0.3) is 11.0 Å². The van der Waals surface area contributed by atoms with Gasteiger partial charge in [0, 0.05) is 0 Å². The first-order chi connectivity index (χ1) is 15.0. The molecule has 9 heteroatoms. The van der Waals surface area contributed by atoms with Crippen molar-refractivity contribution < 1.29 is 19.1 Å². The first-order valence-electron chi connectivity index (χ1n) is 9.64. The summed E-state index contributed by atoms with van der Waals surface area (Å²) < 4.78 is 11.4. The first kappa shape index (κ1) is 19.3. The fourth-order valence-corrected chi connectivity index (χ4v) is 4.50. The third-order valence-corrected chi connectivity index (χ3v) is 5.94. The topological polar surface area (TPSA) is 106 Å². The lowest BCUT2D eigenvalue weighted by atomic mass is 9.98. The molecule has 1 aliphatic heterocycles. The molecular formula is C22H17N3O5S. The van der Waals surface area contributed by atoms with Crippen LogP contribution < -0.4 is 15.1 Å². The second kappa shape index (κ2) is 7.21. The number of carbonyl (C=O) groups excluding carboxylic acids is 1. The molecule has 1 amide bonds. The van der Waals surface area contributed by atoms with Crippen molar-refractivity contribution in [1.29, 1.82) is 0 Å². The fraction of sp³-hybridized carbons (Fsp3) is 0.182. The number of para-hydroxylation sites is 1. The minimum absolute atomic E-state index is 0.0208. The second-order valence-electron chi connectivity index (χ2n) is 7.01. The van der Waals surface area contributed by atoms with E-state index in [-0.39, 0.29) is 28.3 Å². The van der Waals surface area contributed by atoms with Crippen molar-refractivity contribution >= 4 is 33.3 Å². The molecule has 1 atom stereocenters. The van der Waals surface area contributed by atoms with Crippen molar-refractivity contribution in [1.82, 2.24) is 10.2 Å². The van der Waals surface area contributed by atoms with E-state index in [0.29, 0.717) is 33.3 Å². The van der Waals surface area contributed by atoms with Crippen LogP contribution in [0.3, 0.4) is 0 Å². The number of aromatic hydroxyl groups is 1. The molecular weight excluding hydrogens is 418 g/mol. The Morgan fingerprint density at radius 2 is 2.00 bits per heavy atom. The van der Waals surface area contributed by atoms with Crippen LogP contribution in [0.5, 0.6) is 11.5 Å². The number of benzene rings is 2. The number of amides is 1. The highest BCUT2D eigenvalue weighted by atomic mass is 32.1. The molecule has 3 heterocycles. The normalized spacial score (nSPS) is 15.5. The van der Waals surface area contributed by atoms with E-state index in [0.717, 1.165) is 0 Å². The van der Waals surface area contributed by atoms with Crippen molar-refractivity contribution in [2.24, 2.45) is 0 Å². The van der Waals surface area contributed by atoms with E-state index in [2.05, 4.69) is 10.2 Å². The van der Waals surface area contributed by atoms with Crippen LogP contribution in [0.2, 0.25) is 0 Å². The maximum absolute atomic E-state index is 13.5. The molecule has 1 N–H and O–H groups in total. The molecule has 31 heavy (non-hydrogen) atoms. The third kappa shape index (κ3) is 2.97. The van der Waals surface area contributed by atoms with E-state index in [1.165, 1.54) is 22.3 Å². The van der Waals surface area contributed by atoms with E-state index >= 15 is 0 Å². The Bertz CT molecular complexity index is 1390. The Hall–Kier alpha value is -3.72. The molecule has 0 spiro atoms. The number of fused-ring (bicyclic) bond motifs is 2. The Labute approximate surface area is 180 Å². The maximum atomic E-state index is 13.5. The highest BCUT2D eigenvalue weighted by molar-refractivity contribution is 7.15. The van der Waals surface area contributed by atoms with Crippen LogP contribution in [-0.2, 0) is 0 Å². The Balaban J connectivity index is 1.80. The SMILES string of the molecule is CCOc1cc([C@H]2c3c(oc4ccccc4c3=O)C(=O)N2c2nnc(C)s2)ccc1O. The number of phenols is 1. The molecule has 8 nitrogen and oxygen atoms in total. The monoisotopic (exact) mass is 435 g/mol. The van der Waals surface area contributed by atoms with E-state index in [1.54, 1.807) is 50.2 Å². The molecule has 0 saturated carbocycles. The van der Waals surface area contributed by atoms with E-state index in [9.17, 15) is 14.7 Å². The summed E-state index contributed by atoms with van der Waals surface area (Å²) in [6.07, 6.45) is 0. The molecule has 0 radical (unpaired) electrons. The average Bonchev–Trinajstić information content (AvgIpc) is 3.31. The van der Waals surface area contributed by atoms with Crippen LogP contribution in [0, 0.1) is 6.92 Å². The molecule has 5 rings (SSSR count). The van der Waals surface area contributed by atoms with Gasteiger partial charge in [-0.05, 0) is 43.7 Å². The first-order valence-corrected chi connectivity index (χ1v) is 10.5. The Morgan fingerprint density at radius 1 is 1.19 bits per heavy atom. The van der Waals surface area contributed by atoms with Gasteiger partial charge in [0.2, 0.25) is 10.9 Å². The molecule has 2 aromatic carbocycles. The fourth-order valence-electron chi connectivity index (χ4n) is 3.79. The summed E-state index contributed by atoms with van der Waals surface area (Å²) in [6.45, 7) is 3.94. The van der Waals surface area contributed by atoms with E-state index in [4.69, 9.17) is 9.15 Å². The van der Waals surface area contributed by atoms with Gasteiger partial charge >= 0.3 is 0 Å². The molecule has 4 aromatic rings. The number of nitrogens with zero attached hydrogens (tertiary/aromatic N) is 3. The van der Waals surface area contributed by atoms with Gasteiger partial charge in [0.25, 0.3) is 5.91 Å². The van der Waals surface area contributed by atoms with Gasteiger partial charge in [-0.1, -0.05) is 29.5 Å². The molecule has 156 valence electrons. The van der Waals surface area contributed by atoms with Crippen LogP contribution in [0.15, 0.2) is 51.7 Å². The van der Waals surface area contributed by atoms with Gasteiger partial charge in [0.05, 0.1) is 23.6 Å². The minimum Gasteiger partial charge on any atom is -0.504 e. The quantitative estimate of drug-likeness (QED) is 0.520. The van der Waals surface area contributed by atoms with Crippen LogP contribution in [0.1, 0.15) is 39.7 Å². The lowest BCUT2D eigenvalue weighted by Crippen LogP contribution is -2.29. The number of aromatic nitrogens is 2. The predicted molar refractivity (Wildman–Crippen MR) is 115 cm³/mol. The zero-order valence-electron chi connectivity index (χ0n) is 16.7. The maximum Gasteiger partial charge on any atom is 0.297 e. The third-order valence-electron chi connectivity index (χ3n) is 5.10. The van der Waals surface area contributed by atoms with Gasteiger partial charge in [-0.15, -0.1) is 10.2 Å². The van der Waals surface area contributed by atoms with Gasteiger partial charge in [-0.3, -0.25) is 14.5 Å². The zero-order valence-corrected chi connectivity index (χ0v) is 17.5. The highest BCUT2D eigenvalue weighted by Crippen LogP contribution is 2.43. The summed E-state index contributed by atoms with van der Waals surface area (Å²) >= 11 is 1.24. The van der Waals surface area contributed by atoms with Gasteiger partial charge in [0.15, 0.2) is 16.9 Å². The van der Waals surface area contributed by atoms with Crippen LogP contribution in [0.4, 0.5) is 5.13 Å². The average molecular weight is 435 g/mol. The highest BCUT2D eigenvalue weighted by Gasteiger charge is 2.45. The molecule has 1 aliphatic rings. The molecule has 0 unspecified atom stereocenters. The van der Waals surface area contributed by atoms with E-state index < -0.39 is 11.9 Å². The number of hydrogen-bond donors (Lipinski definition) is 1. The van der Waals surface area contributed by atoms with Crippen molar-refractivity contribution in [2.45, 2.75) is 19.9 Å². The number of ether oxygens (including phenoxy) is 1. The smallest absolute Gasteiger partial charge is 0.297 e. The number of hydrogen-bond acceptors (Lipinski definition) is 8. The lowest BCUT2D eigenvalue weighted by Gasteiger charge is -2.22. The zero-order chi connectivity index (χ0) is 21.7. The predicted octanol–water partition coefficient (Wildman–Crippen LogP) is 3.81. The molecule has 2 aromatic heterocycles. The summed E-state index contributed by atoms with van der Waals surface area (Å²) in [5, 5.41) is 19.7. The van der Waals surface area contributed by atoms with Gasteiger partial charge in [0.1, 0.15) is 10.6 Å². The lowest BCUT2D eigenvalue weighted by molar-refractivity contribution is 0.0970. The van der Waals surface area contributed by atoms with Gasteiger partial charge in [-0.2, -0.15) is 0 Å². The van der Waals surface area contributed by atoms with Gasteiger partial charge in [-0.25, -0.2) is 0 Å². The number of aryl methyl sites for hydroxylation is 1. The largest absolute Gasteiger partial charge is 0.504 e. The summed E-state index contributed by atoms with van der Waals surface area (Å²) in [4.78, 5) is 28.3. The van der Waals surface area contributed by atoms with Crippen molar-refractivity contribution in [3.05, 3.63) is 74.6 Å². The van der Waals surface area contributed by atoms with E-state index in [1.807, 2.05) is 0 Å². The molecule has 0 fully saturated rings. The van der Waals surface area contributed by atoms with Crippen molar-refractivity contribution in [3.8, 4) is 11.5 Å². The van der Waals surface area contributed by atoms with Crippen molar-refractivity contribution in [2.75, 3.05) is 11.5 Å². The standard InChI is InChI=1S/C22H17N3O5S/c1-3-29-16-10-12(8-9-14(16)26)18-17-19(27)13-6-4-5-7-15(13)30-20(17)21(28)25(18)22-24-23-11(2)31-22/h4-10,18,26H,3H2,1-2H3/t18-/m0/s1. The summed E-state index contributed by atoms with van der Waals surface area (Å²) in [5.41, 5.74) is 0.868. The number of carbonyl (C=O) groups is 1. The summed E-state index contributed by atoms with van der Waals surface area (Å²) in [5.74, 6) is -0.254. The Morgan fingerprint density at radius 3 is 2.74 bits per heavy atom. The molecule has 0 bridgehead atoms. The summed E-state index contributed by atoms with van der Waals surface area (Å²) in [6, 6.07) is 10.8. The van der Waals surface area contributed by atoms with Crippen molar-refractivity contribution in [3.63, 3.8) is 0 Å². The number of anilines is 1.